The second kappa shape index (κ2) is 7.41. The van der Waals surface area contributed by atoms with Crippen LogP contribution in [0.2, 0.25) is 0 Å². The average Bonchev–Trinajstić information content (AvgIpc) is 3.49. The molecule has 0 saturated heterocycles. The van der Waals surface area contributed by atoms with E-state index in [1.807, 2.05) is 60.7 Å². The molecule has 144 valence electrons. The van der Waals surface area contributed by atoms with Gasteiger partial charge in [-0.25, -0.2) is 9.97 Å². The molecule has 6 heteroatoms. The largest absolute Gasteiger partial charge is 0.489 e. The maximum absolute atomic E-state index is 6.07. The van der Waals surface area contributed by atoms with Crippen molar-refractivity contribution in [1.82, 2.24) is 19.9 Å². The Morgan fingerprint density at radius 1 is 0.759 bits per heavy atom. The summed E-state index contributed by atoms with van der Waals surface area (Å²) >= 11 is 0. The van der Waals surface area contributed by atoms with E-state index >= 15 is 0 Å². The van der Waals surface area contributed by atoms with Gasteiger partial charge in [0.1, 0.15) is 5.69 Å². The van der Waals surface area contributed by atoms with Crippen molar-refractivity contribution < 1.29 is 4.74 Å². The monoisotopic (exact) mass is 383 g/mol. The first-order valence-electron chi connectivity index (χ1n) is 9.67. The number of hydrogen-bond donors (Lipinski definition) is 3. The van der Waals surface area contributed by atoms with E-state index in [0.29, 0.717) is 13.2 Å². The third-order valence-electron chi connectivity index (χ3n) is 4.77. The fourth-order valence-electron chi connectivity index (χ4n) is 3.39. The number of H-pyrrole nitrogens is 2. The lowest BCUT2D eigenvalue weighted by molar-refractivity contribution is 0.315. The molecule has 6 nitrogen and oxygen atoms in total. The van der Waals surface area contributed by atoms with Crippen molar-refractivity contribution in [2.24, 2.45) is 5.73 Å². The van der Waals surface area contributed by atoms with Crippen LogP contribution >= 0.6 is 0 Å². The van der Waals surface area contributed by atoms with Gasteiger partial charge in [-0.05, 0) is 79.7 Å². The smallest absolute Gasteiger partial charge is 0.168 e. The van der Waals surface area contributed by atoms with Crippen LogP contribution in [0.15, 0.2) is 42.5 Å². The summed E-state index contributed by atoms with van der Waals surface area (Å²) in [4.78, 5) is 16.2. The van der Waals surface area contributed by atoms with E-state index in [-0.39, 0.29) is 0 Å². The van der Waals surface area contributed by atoms with Crippen LogP contribution in [-0.2, 0) is 0 Å². The van der Waals surface area contributed by atoms with Crippen molar-refractivity contribution in [3.63, 3.8) is 0 Å². The van der Waals surface area contributed by atoms with Crippen molar-refractivity contribution >= 4 is 46.4 Å². The van der Waals surface area contributed by atoms with E-state index in [1.54, 1.807) is 0 Å². The Morgan fingerprint density at radius 3 is 2.31 bits per heavy atom. The van der Waals surface area contributed by atoms with Gasteiger partial charge < -0.3 is 20.4 Å². The Hall–Kier alpha value is -3.64. The van der Waals surface area contributed by atoms with E-state index in [0.717, 1.165) is 57.0 Å². The van der Waals surface area contributed by atoms with Crippen LogP contribution in [0.3, 0.4) is 0 Å². The number of fused-ring (bicyclic) bond motifs is 8. The molecule has 8 bridgehead atoms. The highest BCUT2D eigenvalue weighted by molar-refractivity contribution is 5.81. The van der Waals surface area contributed by atoms with Crippen LogP contribution < -0.4 is 10.5 Å². The Balaban J connectivity index is 1.77. The topological polar surface area (TPSA) is 92.6 Å². The van der Waals surface area contributed by atoms with E-state index < -0.39 is 0 Å². The second-order valence-electron chi connectivity index (χ2n) is 7.00. The lowest BCUT2D eigenvalue weighted by Crippen LogP contribution is -2.06. The summed E-state index contributed by atoms with van der Waals surface area (Å²) in [5.74, 6) is 0.724. The number of nitrogens with zero attached hydrogens (tertiary/aromatic N) is 2. The fourth-order valence-corrected chi connectivity index (χ4v) is 3.39. The molecule has 0 atom stereocenters. The number of aromatic nitrogens is 4. The Kier molecular flexibility index (Phi) is 4.46. The lowest BCUT2D eigenvalue weighted by Gasteiger charge is -2.06. The van der Waals surface area contributed by atoms with Crippen LogP contribution in [0.25, 0.3) is 46.4 Å². The van der Waals surface area contributed by atoms with E-state index in [4.69, 9.17) is 15.5 Å². The number of nitrogens with two attached hydrogens (primary N) is 1. The molecule has 3 aromatic rings. The molecule has 29 heavy (non-hydrogen) atoms. The quantitative estimate of drug-likeness (QED) is 0.402. The molecular weight excluding hydrogens is 362 g/mol. The SMILES string of the molecule is NCCCOc1c2nc(cc3nc(cc4ccc(cc5ccc1[nH]5)[nH]4)C=C3)C=C2. The van der Waals surface area contributed by atoms with E-state index in [2.05, 4.69) is 21.0 Å². The first kappa shape index (κ1) is 17.5. The molecule has 2 aliphatic rings. The standard InChI is InChI=1S/C23H21N5O/c24-10-1-11-29-23-21-8-6-19(27-21)13-17-4-2-15(25-17)12-16-3-5-18(26-16)14-20-7-9-22(23)28-20/h2-9,12-14,25,27H,1,10-11,24H2. The molecule has 5 rings (SSSR count). The highest BCUT2D eigenvalue weighted by Crippen LogP contribution is 2.27. The molecular formula is C23H21N5O. The maximum atomic E-state index is 6.07. The second-order valence-corrected chi connectivity index (χ2v) is 7.00. The van der Waals surface area contributed by atoms with Gasteiger partial charge >= 0.3 is 0 Å². The van der Waals surface area contributed by atoms with Gasteiger partial charge in [-0.2, -0.15) is 0 Å². The van der Waals surface area contributed by atoms with Crippen molar-refractivity contribution in [1.29, 1.82) is 0 Å². The van der Waals surface area contributed by atoms with Gasteiger partial charge in [0.15, 0.2) is 5.75 Å². The van der Waals surface area contributed by atoms with Crippen LogP contribution in [0, 0.1) is 0 Å². The van der Waals surface area contributed by atoms with Gasteiger partial charge in [0, 0.05) is 16.6 Å². The van der Waals surface area contributed by atoms with Crippen molar-refractivity contribution in [2.75, 3.05) is 13.2 Å². The lowest BCUT2D eigenvalue weighted by atomic mass is 10.3. The summed E-state index contributed by atoms with van der Waals surface area (Å²) in [6.07, 6.45) is 8.73. The minimum Gasteiger partial charge on any atom is -0.489 e. The first-order chi connectivity index (χ1) is 14.3. The molecule has 3 aromatic heterocycles. The van der Waals surface area contributed by atoms with E-state index in [9.17, 15) is 0 Å². The molecule has 0 amide bonds. The molecule has 0 unspecified atom stereocenters. The summed E-state index contributed by atoms with van der Waals surface area (Å²) in [5, 5.41) is 0. The Bertz CT molecular complexity index is 1280. The van der Waals surface area contributed by atoms with Gasteiger partial charge in [-0.1, -0.05) is 0 Å². The van der Waals surface area contributed by atoms with Gasteiger partial charge in [-0.15, -0.1) is 0 Å². The Morgan fingerprint density at radius 2 is 1.45 bits per heavy atom. The summed E-state index contributed by atoms with van der Waals surface area (Å²) < 4.78 is 6.07. The number of hydrogen-bond acceptors (Lipinski definition) is 4. The van der Waals surface area contributed by atoms with Gasteiger partial charge in [0.05, 0.1) is 29.2 Å². The van der Waals surface area contributed by atoms with E-state index in [1.165, 1.54) is 0 Å². The normalized spacial score (nSPS) is 12.4. The summed E-state index contributed by atoms with van der Waals surface area (Å²) in [5.41, 5.74) is 12.9. The molecule has 0 radical (unpaired) electrons. The molecule has 0 spiro atoms. The van der Waals surface area contributed by atoms with Gasteiger partial charge in [0.25, 0.3) is 0 Å². The van der Waals surface area contributed by atoms with Crippen molar-refractivity contribution in [3.05, 3.63) is 65.2 Å². The van der Waals surface area contributed by atoms with Gasteiger partial charge in [-0.3, -0.25) is 0 Å². The van der Waals surface area contributed by atoms with Gasteiger partial charge in [0.2, 0.25) is 0 Å². The highest BCUT2D eigenvalue weighted by atomic mass is 16.5. The summed E-state index contributed by atoms with van der Waals surface area (Å²) in [6, 6.07) is 14.2. The predicted molar refractivity (Wildman–Crippen MR) is 118 cm³/mol. The minimum absolute atomic E-state index is 0.541. The molecule has 0 aromatic carbocycles. The minimum atomic E-state index is 0.541. The third-order valence-corrected chi connectivity index (χ3v) is 4.77. The predicted octanol–water partition coefficient (Wildman–Crippen LogP) is 4.38. The van der Waals surface area contributed by atoms with Crippen molar-refractivity contribution in [3.8, 4) is 5.75 Å². The number of ether oxygens (including phenoxy) is 1. The molecule has 0 saturated carbocycles. The Labute approximate surface area is 167 Å². The first-order valence-corrected chi connectivity index (χ1v) is 9.67. The summed E-state index contributed by atoms with van der Waals surface area (Å²) in [6.45, 7) is 1.13. The van der Waals surface area contributed by atoms with Crippen LogP contribution in [-0.4, -0.2) is 33.1 Å². The molecule has 5 heterocycles. The van der Waals surface area contributed by atoms with Crippen LogP contribution in [0.5, 0.6) is 5.75 Å². The number of nitrogens with one attached hydrogen (secondary N) is 2. The molecule has 4 N–H and O–H groups in total. The van der Waals surface area contributed by atoms with Crippen LogP contribution in [0.1, 0.15) is 29.2 Å². The fraction of sp³-hybridized carbons (Fsp3) is 0.130. The zero-order valence-electron chi connectivity index (χ0n) is 15.9. The molecule has 2 aliphatic heterocycles. The zero-order chi connectivity index (χ0) is 19.6. The molecule has 0 aliphatic carbocycles. The maximum Gasteiger partial charge on any atom is 0.168 e. The number of aromatic amines is 2. The van der Waals surface area contributed by atoms with Crippen molar-refractivity contribution in [2.45, 2.75) is 6.42 Å². The third kappa shape index (κ3) is 3.70. The summed E-state index contributed by atoms with van der Waals surface area (Å²) in [7, 11) is 0. The van der Waals surface area contributed by atoms with Crippen LogP contribution in [0.4, 0.5) is 0 Å². The highest BCUT2D eigenvalue weighted by Gasteiger charge is 2.10. The average molecular weight is 383 g/mol. The number of rotatable bonds is 4. The zero-order valence-corrected chi connectivity index (χ0v) is 15.9. The molecule has 0 fully saturated rings.